The number of hydrogen-bond donors (Lipinski definition) is 1. The third-order valence-corrected chi connectivity index (χ3v) is 3.32. The van der Waals surface area contributed by atoms with Crippen LogP contribution in [0.4, 0.5) is 13.2 Å². The molecule has 0 spiro atoms. The van der Waals surface area contributed by atoms with Gasteiger partial charge in [0.05, 0.1) is 5.56 Å². The van der Waals surface area contributed by atoms with Crippen LogP contribution in [0.2, 0.25) is 0 Å². The number of amides is 1. The highest BCUT2D eigenvalue weighted by Crippen LogP contribution is 2.17. The summed E-state index contributed by atoms with van der Waals surface area (Å²) in [6, 6.07) is 4.93. The van der Waals surface area contributed by atoms with Crippen molar-refractivity contribution >= 4 is 28.5 Å². The first-order chi connectivity index (χ1) is 7.31. The molecule has 1 rings (SSSR count). The Kier molecular flexibility index (Phi) is 4.17. The molecule has 0 aliphatic carbocycles. The normalized spacial score (nSPS) is 11.3. The van der Waals surface area contributed by atoms with Crippen LogP contribution in [0.15, 0.2) is 18.2 Å². The first kappa shape index (κ1) is 13.3. The molecular formula is C10H9F3INO. The summed E-state index contributed by atoms with van der Waals surface area (Å²) in [5.74, 6) is -0.703. The Morgan fingerprint density at radius 3 is 2.62 bits per heavy atom. The Morgan fingerprint density at radius 2 is 2.06 bits per heavy atom. The van der Waals surface area contributed by atoms with E-state index >= 15 is 0 Å². The Labute approximate surface area is 104 Å². The summed E-state index contributed by atoms with van der Waals surface area (Å²) in [7, 11) is 0. The van der Waals surface area contributed by atoms with Gasteiger partial charge in [-0.05, 0) is 41.1 Å². The molecule has 0 aromatic heterocycles. The van der Waals surface area contributed by atoms with Crippen molar-refractivity contribution in [2.24, 2.45) is 0 Å². The third-order valence-electron chi connectivity index (χ3n) is 1.89. The SMILES string of the molecule is Cc1cccc(C(=O)NCC(F)(F)F)c1I. The fraction of sp³-hybridized carbons (Fsp3) is 0.300. The van der Waals surface area contributed by atoms with Gasteiger partial charge >= 0.3 is 6.18 Å². The summed E-state index contributed by atoms with van der Waals surface area (Å²) in [5.41, 5.74) is 1.13. The highest BCUT2D eigenvalue weighted by atomic mass is 127. The maximum atomic E-state index is 11.9. The molecule has 0 atom stereocenters. The van der Waals surface area contributed by atoms with Crippen LogP contribution < -0.4 is 5.32 Å². The van der Waals surface area contributed by atoms with Gasteiger partial charge in [-0.2, -0.15) is 13.2 Å². The van der Waals surface area contributed by atoms with Gasteiger partial charge in [0, 0.05) is 3.57 Å². The van der Waals surface area contributed by atoms with Crippen LogP contribution in [0, 0.1) is 10.5 Å². The predicted octanol–water partition coefficient (Wildman–Crippen LogP) is 2.89. The lowest BCUT2D eigenvalue weighted by atomic mass is 10.1. The number of carbonyl (C=O) groups is 1. The molecule has 0 radical (unpaired) electrons. The summed E-state index contributed by atoms with van der Waals surface area (Å²) in [5, 5.41) is 1.84. The van der Waals surface area contributed by atoms with Crippen molar-refractivity contribution in [2.75, 3.05) is 6.54 Å². The second kappa shape index (κ2) is 5.03. The summed E-state index contributed by atoms with van der Waals surface area (Å²) in [4.78, 5) is 11.4. The summed E-state index contributed by atoms with van der Waals surface area (Å²) in [6.45, 7) is 0.484. The van der Waals surface area contributed by atoms with E-state index in [1.807, 2.05) is 27.9 Å². The van der Waals surface area contributed by atoms with Gasteiger partial charge in [0.15, 0.2) is 0 Å². The monoisotopic (exact) mass is 343 g/mol. The minimum Gasteiger partial charge on any atom is -0.343 e. The van der Waals surface area contributed by atoms with E-state index in [-0.39, 0.29) is 5.56 Å². The first-order valence-corrected chi connectivity index (χ1v) is 5.49. The quantitative estimate of drug-likeness (QED) is 0.822. The maximum Gasteiger partial charge on any atom is 0.405 e. The standard InChI is InChI=1S/C10H9F3INO/c1-6-3-2-4-7(8(6)14)9(16)15-5-10(11,12)13/h2-4H,5H2,1H3,(H,15,16). The van der Waals surface area contributed by atoms with Crippen molar-refractivity contribution in [3.63, 3.8) is 0 Å². The molecular weight excluding hydrogens is 334 g/mol. The van der Waals surface area contributed by atoms with Gasteiger partial charge in [0.1, 0.15) is 6.54 Å². The van der Waals surface area contributed by atoms with E-state index in [1.54, 1.807) is 19.1 Å². The molecule has 6 heteroatoms. The lowest BCUT2D eigenvalue weighted by Crippen LogP contribution is -2.34. The van der Waals surface area contributed by atoms with Crippen molar-refractivity contribution in [2.45, 2.75) is 13.1 Å². The zero-order chi connectivity index (χ0) is 12.3. The van der Waals surface area contributed by atoms with Crippen LogP contribution in [-0.2, 0) is 0 Å². The van der Waals surface area contributed by atoms with E-state index < -0.39 is 18.6 Å². The minimum atomic E-state index is -4.38. The van der Waals surface area contributed by atoms with Gasteiger partial charge in [-0.25, -0.2) is 0 Å². The summed E-state index contributed by atoms with van der Waals surface area (Å²) < 4.78 is 36.4. The number of nitrogens with one attached hydrogen (secondary N) is 1. The summed E-state index contributed by atoms with van der Waals surface area (Å²) in [6.07, 6.45) is -4.38. The fourth-order valence-corrected chi connectivity index (χ4v) is 1.70. The highest BCUT2D eigenvalue weighted by molar-refractivity contribution is 14.1. The van der Waals surface area contributed by atoms with Crippen LogP contribution in [-0.4, -0.2) is 18.6 Å². The molecule has 16 heavy (non-hydrogen) atoms. The largest absolute Gasteiger partial charge is 0.405 e. The third kappa shape index (κ3) is 3.66. The smallest absolute Gasteiger partial charge is 0.343 e. The van der Waals surface area contributed by atoms with Crippen molar-refractivity contribution in [3.05, 3.63) is 32.9 Å². The fourth-order valence-electron chi connectivity index (χ4n) is 1.10. The Hall–Kier alpha value is -0.790. The Balaban J connectivity index is 2.78. The van der Waals surface area contributed by atoms with Crippen LogP contribution >= 0.6 is 22.6 Å². The van der Waals surface area contributed by atoms with Gasteiger partial charge < -0.3 is 5.32 Å². The van der Waals surface area contributed by atoms with E-state index in [4.69, 9.17) is 0 Å². The van der Waals surface area contributed by atoms with Gasteiger partial charge in [-0.15, -0.1) is 0 Å². The van der Waals surface area contributed by atoms with Crippen molar-refractivity contribution in [1.82, 2.24) is 5.32 Å². The van der Waals surface area contributed by atoms with E-state index in [1.165, 1.54) is 6.07 Å². The molecule has 0 aliphatic rings. The number of halogens is 4. The highest BCUT2D eigenvalue weighted by Gasteiger charge is 2.28. The lowest BCUT2D eigenvalue weighted by molar-refractivity contribution is -0.123. The Bertz CT molecular complexity index is 404. The second-order valence-electron chi connectivity index (χ2n) is 3.23. The zero-order valence-electron chi connectivity index (χ0n) is 8.36. The molecule has 0 saturated heterocycles. The van der Waals surface area contributed by atoms with Crippen molar-refractivity contribution in [3.8, 4) is 0 Å². The average molecular weight is 343 g/mol. The van der Waals surface area contributed by atoms with Crippen LogP contribution in [0.3, 0.4) is 0 Å². The number of alkyl halides is 3. The molecule has 2 nitrogen and oxygen atoms in total. The maximum absolute atomic E-state index is 11.9. The molecule has 0 bridgehead atoms. The van der Waals surface area contributed by atoms with Crippen molar-refractivity contribution < 1.29 is 18.0 Å². The first-order valence-electron chi connectivity index (χ1n) is 4.41. The molecule has 0 unspecified atom stereocenters. The van der Waals surface area contributed by atoms with E-state index in [2.05, 4.69) is 0 Å². The lowest BCUT2D eigenvalue weighted by Gasteiger charge is -2.10. The van der Waals surface area contributed by atoms with Crippen LogP contribution in [0.25, 0.3) is 0 Å². The van der Waals surface area contributed by atoms with E-state index in [0.717, 1.165) is 5.56 Å². The Morgan fingerprint density at radius 1 is 1.44 bits per heavy atom. The van der Waals surface area contributed by atoms with Crippen molar-refractivity contribution in [1.29, 1.82) is 0 Å². The molecule has 88 valence electrons. The van der Waals surface area contributed by atoms with Gasteiger partial charge in [0.25, 0.3) is 5.91 Å². The topological polar surface area (TPSA) is 29.1 Å². The minimum absolute atomic E-state index is 0.268. The summed E-state index contributed by atoms with van der Waals surface area (Å²) >= 11 is 1.94. The number of aryl methyl sites for hydroxylation is 1. The molecule has 1 aromatic carbocycles. The van der Waals surface area contributed by atoms with Crippen LogP contribution in [0.5, 0.6) is 0 Å². The number of carbonyl (C=O) groups excluding carboxylic acids is 1. The molecule has 0 fully saturated rings. The number of hydrogen-bond acceptors (Lipinski definition) is 1. The molecule has 1 aromatic rings. The average Bonchev–Trinajstić information content (AvgIpc) is 2.17. The zero-order valence-corrected chi connectivity index (χ0v) is 10.5. The molecule has 0 saturated carbocycles. The van der Waals surface area contributed by atoms with Gasteiger partial charge in [-0.3, -0.25) is 4.79 Å². The molecule has 1 amide bonds. The predicted molar refractivity (Wildman–Crippen MR) is 62.3 cm³/mol. The van der Waals surface area contributed by atoms with Crippen LogP contribution in [0.1, 0.15) is 15.9 Å². The number of rotatable bonds is 2. The molecule has 1 N–H and O–H groups in total. The van der Waals surface area contributed by atoms with E-state index in [9.17, 15) is 18.0 Å². The van der Waals surface area contributed by atoms with Gasteiger partial charge in [0.2, 0.25) is 0 Å². The number of benzene rings is 1. The van der Waals surface area contributed by atoms with Gasteiger partial charge in [-0.1, -0.05) is 12.1 Å². The molecule has 0 heterocycles. The second-order valence-corrected chi connectivity index (χ2v) is 4.31. The molecule has 0 aliphatic heterocycles. The van der Waals surface area contributed by atoms with E-state index in [0.29, 0.717) is 3.57 Å².